The second-order valence-corrected chi connectivity index (χ2v) is 17.5. The lowest BCUT2D eigenvalue weighted by molar-refractivity contribution is -0.145. The third-order valence-electron chi connectivity index (χ3n) is 10.2. The zero-order valence-corrected chi connectivity index (χ0v) is 28.8. The van der Waals surface area contributed by atoms with Crippen molar-refractivity contribution < 1.29 is 19.4 Å². The first-order valence-corrected chi connectivity index (χ1v) is 19.6. The van der Waals surface area contributed by atoms with Crippen LogP contribution in [0.15, 0.2) is 103 Å². The van der Waals surface area contributed by atoms with E-state index in [4.69, 9.17) is 4.74 Å². The molecule has 11 nitrogen and oxygen atoms in total. The molecule has 2 aliphatic heterocycles. The minimum atomic E-state index is -2.91. The molecule has 5 atom stereocenters. The second kappa shape index (κ2) is 12.6. The van der Waals surface area contributed by atoms with Gasteiger partial charge in [-0.3, -0.25) is 14.3 Å². The molecule has 2 aliphatic rings. The summed E-state index contributed by atoms with van der Waals surface area (Å²) in [6.07, 6.45) is 5.18. The number of benzene rings is 3. The van der Waals surface area contributed by atoms with Crippen molar-refractivity contribution >= 4 is 30.7 Å². The van der Waals surface area contributed by atoms with Gasteiger partial charge in [0.05, 0.1) is 47.3 Å². The Morgan fingerprint density at radius 1 is 1.08 bits per heavy atom. The minimum absolute atomic E-state index is 0.105. The lowest BCUT2D eigenvalue weighted by Crippen LogP contribution is -2.46. The minimum Gasteiger partial charge on any atom is -0.432 e. The largest absolute Gasteiger partial charge is 0.432 e. The van der Waals surface area contributed by atoms with Crippen molar-refractivity contribution in [2.45, 2.75) is 56.1 Å². The Bertz CT molecular complexity index is 2090. The Morgan fingerprint density at radius 3 is 2.57 bits per heavy atom. The summed E-state index contributed by atoms with van der Waals surface area (Å²) in [7, 11) is -2.91. The number of nitrogens with zero attached hydrogens (tertiary/aromatic N) is 6. The van der Waals surface area contributed by atoms with Crippen LogP contribution in [0.3, 0.4) is 0 Å². The number of aryl methyl sites for hydroxylation is 1. The molecule has 12 heteroatoms. The number of fused-ring (bicyclic) bond motifs is 3. The second-order valence-electron chi connectivity index (χ2n) is 13.6. The SMILES string of the molecule is C=CCN1C(=O)[C@]2(O[C@H](CCn3cc(C(CO)c4ccccc4)nn3)[C@@H]([Si](C)(C)O)[C@@H]2C)c2cc(-n3ncc4ccccc4c3=O)ccc21. The third-order valence-corrected chi connectivity index (χ3v) is 12.7. The predicted molar refractivity (Wildman–Crippen MR) is 189 cm³/mol. The highest BCUT2D eigenvalue weighted by Crippen LogP contribution is 2.59. The molecule has 0 radical (unpaired) electrons. The van der Waals surface area contributed by atoms with E-state index in [0.29, 0.717) is 41.0 Å². The van der Waals surface area contributed by atoms with Crippen LogP contribution in [0.5, 0.6) is 0 Å². The monoisotopic (exact) mass is 676 g/mol. The Kier molecular flexibility index (Phi) is 8.43. The van der Waals surface area contributed by atoms with Gasteiger partial charge in [-0.25, -0.2) is 0 Å². The van der Waals surface area contributed by atoms with Gasteiger partial charge in [-0.15, -0.1) is 11.7 Å². The molecule has 1 saturated heterocycles. The van der Waals surface area contributed by atoms with E-state index in [1.165, 1.54) is 4.68 Å². The number of aromatic nitrogens is 5. The summed E-state index contributed by atoms with van der Waals surface area (Å²) in [6.45, 7) is 10.3. The molecule has 0 saturated carbocycles. The van der Waals surface area contributed by atoms with Crippen LogP contribution in [-0.4, -0.2) is 68.2 Å². The van der Waals surface area contributed by atoms with Crippen LogP contribution >= 0.6 is 0 Å². The molecule has 3 aromatic carbocycles. The zero-order chi connectivity index (χ0) is 34.5. The standard InChI is InChI=1S/C37H40N6O5Si/c1-5-18-42-32-16-15-27(43-35(45)28-14-10-9-13-26(28)21-38-43)20-30(32)37(36(42)46)24(2)34(49(3,4)47)33(48-37)17-19-41-22-31(39-40-41)29(23-44)25-11-7-6-8-12-25/h5-16,20-22,24,29,33-34,44,47H,1,17-19,23H2,2-4H3/t24-,29?,33+,34-,37+/m0/s1. The summed E-state index contributed by atoms with van der Waals surface area (Å²) in [4.78, 5) is 41.5. The van der Waals surface area contributed by atoms with Crippen LogP contribution in [0, 0.1) is 5.92 Å². The van der Waals surface area contributed by atoms with Crippen molar-refractivity contribution in [2.75, 3.05) is 18.1 Å². The molecule has 5 aromatic rings. The van der Waals surface area contributed by atoms with Gasteiger partial charge < -0.3 is 19.5 Å². The topological polar surface area (TPSA) is 136 Å². The first kappa shape index (κ1) is 32.8. The maximum Gasteiger partial charge on any atom is 0.279 e. The van der Waals surface area contributed by atoms with Gasteiger partial charge in [-0.2, -0.15) is 9.78 Å². The van der Waals surface area contributed by atoms with Gasteiger partial charge >= 0.3 is 0 Å². The molecule has 0 bridgehead atoms. The van der Waals surface area contributed by atoms with Crippen LogP contribution in [0.25, 0.3) is 16.5 Å². The van der Waals surface area contributed by atoms with E-state index in [0.717, 1.165) is 10.9 Å². The van der Waals surface area contributed by atoms with E-state index in [2.05, 4.69) is 22.0 Å². The summed E-state index contributed by atoms with van der Waals surface area (Å²) in [5, 5.41) is 24.6. The van der Waals surface area contributed by atoms with E-state index < -0.39 is 20.0 Å². The van der Waals surface area contributed by atoms with E-state index in [-0.39, 0.29) is 42.0 Å². The first-order valence-electron chi connectivity index (χ1n) is 16.6. The van der Waals surface area contributed by atoms with Gasteiger partial charge in [0.1, 0.15) is 0 Å². The lowest BCUT2D eigenvalue weighted by atomic mass is 9.82. The molecule has 0 aliphatic carbocycles. The highest BCUT2D eigenvalue weighted by Gasteiger charge is 2.66. The Morgan fingerprint density at radius 2 is 1.84 bits per heavy atom. The predicted octanol–water partition coefficient (Wildman–Crippen LogP) is 4.52. The molecule has 2 aromatic heterocycles. The zero-order valence-electron chi connectivity index (χ0n) is 27.8. The van der Waals surface area contributed by atoms with Crippen molar-refractivity contribution in [1.29, 1.82) is 0 Å². The van der Waals surface area contributed by atoms with E-state index in [1.807, 2.05) is 86.9 Å². The lowest BCUT2D eigenvalue weighted by Gasteiger charge is -2.32. The molecule has 2 N–H and O–H groups in total. The van der Waals surface area contributed by atoms with Gasteiger partial charge in [0.25, 0.3) is 11.5 Å². The fraction of sp³-hybridized carbons (Fsp3) is 0.324. The van der Waals surface area contributed by atoms with Crippen molar-refractivity contribution in [3.05, 3.63) is 125 Å². The Labute approximate surface area is 285 Å². The summed E-state index contributed by atoms with van der Waals surface area (Å²) in [5.41, 5.74) is 1.51. The number of carbonyl (C=O) groups is 1. The quantitative estimate of drug-likeness (QED) is 0.163. The number of carbonyl (C=O) groups excluding carboxylic acids is 1. The number of hydrogen-bond acceptors (Lipinski definition) is 8. The summed E-state index contributed by atoms with van der Waals surface area (Å²) in [6, 6.07) is 22.5. The van der Waals surface area contributed by atoms with Gasteiger partial charge in [0, 0.05) is 41.7 Å². The molecule has 1 spiro atoms. The van der Waals surface area contributed by atoms with Crippen LogP contribution < -0.4 is 10.5 Å². The van der Waals surface area contributed by atoms with Crippen molar-refractivity contribution in [3.63, 3.8) is 0 Å². The van der Waals surface area contributed by atoms with Crippen LogP contribution in [0.2, 0.25) is 18.6 Å². The summed E-state index contributed by atoms with van der Waals surface area (Å²) < 4.78 is 10.1. The highest BCUT2D eigenvalue weighted by atomic mass is 28.4. The van der Waals surface area contributed by atoms with E-state index in [1.54, 1.807) is 34.0 Å². The number of ether oxygens (including phenoxy) is 1. The third kappa shape index (κ3) is 5.44. The number of aliphatic hydroxyl groups excluding tert-OH is 1. The molecule has 1 amide bonds. The highest BCUT2D eigenvalue weighted by molar-refractivity contribution is 6.71. The van der Waals surface area contributed by atoms with Crippen LogP contribution in [0.4, 0.5) is 5.69 Å². The van der Waals surface area contributed by atoms with Crippen LogP contribution in [-0.2, 0) is 21.7 Å². The van der Waals surface area contributed by atoms with Crippen molar-refractivity contribution in [2.24, 2.45) is 5.92 Å². The Hall–Kier alpha value is -4.75. The molecule has 1 fully saturated rings. The molecular formula is C37H40N6O5Si. The molecule has 252 valence electrons. The molecular weight excluding hydrogens is 637 g/mol. The fourth-order valence-corrected chi connectivity index (χ4v) is 10.6. The number of hydrogen-bond donors (Lipinski definition) is 2. The first-order chi connectivity index (χ1) is 23.6. The van der Waals surface area contributed by atoms with Gasteiger partial charge in [0.15, 0.2) is 13.9 Å². The summed E-state index contributed by atoms with van der Waals surface area (Å²) >= 11 is 0. The maximum atomic E-state index is 14.6. The number of rotatable bonds is 10. The smallest absolute Gasteiger partial charge is 0.279 e. The fourth-order valence-electron chi connectivity index (χ4n) is 7.95. The van der Waals surface area contributed by atoms with E-state index >= 15 is 0 Å². The van der Waals surface area contributed by atoms with E-state index in [9.17, 15) is 19.5 Å². The Balaban J connectivity index is 1.25. The average molecular weight is 677 g/mol. The van der Waals surface area contributed by atoms with Gasteiger partial charge in [0.2, 0.25) is 0 Å². The number of amides is 1. The summed E-state index contributed by atoms with van der Waals surface area (Å²) in [5.74, 6) is -0.905. The maximum absolute atomic E-state index is 14.6. The van der Waals surface area contributed by atoms with Gasteiger partial charge in [-0.1, -0.05) is 66.7 Å². The van der Waals surface area contributed by atoms with Gasteiger partial charge in [-0.05, 0) is 49.3 Å². The number of anilines is 1. The van der Waals surface area contributed by atoms with Crippen molar-refractivity contribution in [1.82, 2.24) is 24.8 Å². The van der Waals surface area contributed by atoms with Crippen molar-refractivity contribution in [3.8, 4) is 5.69 Å². The molecule has 7 rings (SSSR count). The number of aliphatic hydroxyl groups is 1. The molecule has 4 heterocycles. The molecule has 49 heavy (non-hydrogen) atoms. The molecule has 1 unspecified atom stereocenters. The normalized spacial score (nSPS) is 22.6. The average Bonchev–Trinajstić information content (AvgIpc) is 3.75. The van der Waals surface area contributed by atoms with Crippen LogP contribution in [0.1, 0.15) is 36.1 Å².